The van der Waals surface area contributed by atoms with Crippen LogP contribution < -0.4 is 0 Å². The fraction of sp³-hybridized carbons (Fsp3) is 0.933. The molecule has 0 unspecified atom stereocenters. The zero-order valence-corrected chi connectivity index (χ0v) is 13.5. The summed E-state index contributed by atoms with van der Waals surface area (Å²) in [4.78, 5) is 13.8. The number of amides is 1. The summed E-state index contributed by atoms with van der Waals surface area (Å²) in [5, 5.41) is 0. The monoisotopic (exact) mass is 287 g/mol. The van der Waals surface area contributed by atoms with Crippen LogP contribution >= 0.6 is 0 Å². The summed E-state index contributed by atoms with van der Waals surface area (Å²) in [6.07, 6.45) is 2.63. The first kappa shape index (κ1) is 17.2. The molecular weight excluding hydrogens is 258 g/mol. The van der Waals surface area contributed by atoms with Crippen molar-refractivity contribution in [2.75, 3.05) is 40.5 Å². The van der Waals surface area contributed by atoms with Crippen molar-refractivity contribution < 1.29 is 19.0 Å². The Morgan fingerprint density at radius 2 is 1.75 bits per heavy atom. The van der Waals surface area contributed by atoms with Crippen molar-refractivity contribution in [3.8, 4) is 0 Å². The highest BCUT2D eigenvalue weighted by molar-refractivity contribution is 5.68. The SMILES string of the molecule is COCCC1(COC)CCN(C(=O)OC(C)(C)C)CC1. The molecule has 5 nitrogen and oxygen atoms in total. The van der Waals surface area contributed by atoms with Crippen LogP contribution in [0.5, 0.6) is 0 Å². The molecule has 0 N–H and O–H groups in total. The number of carbonyl (C=O) groups is 1. The second-order valence-electron chi connectivity index (χ2n) is 6.64. The number of nitrogens with zero attached hydrogens (tertiary/aromatic N) is 1. The van der Waals surface area contributed by atoms with Crippen molar-refractivity contribution >= 4 is 6.09 Å². The summed E-state index contributed by atoms with van der Waals surface area (Å²) < 4.78 is 16.0. The second-order valence-corrected chi connectivity index (χ2v) is 6.64. The highest BCUT2D eigenvalue weighted by atomic mass is 16.6. The highest BCUT2D eigenvalue weighted by Crippen LogP contribution is 2.35. The van der Waals surface area contributed by atoms with E-state index in [1.165, 1.54) is 0 Å². The number of rotatable bonds is 5. The van der Waals surface area contributed by atoms with E-state index < -0.39 is 5.60 Å². The summed E-state index contributed by atoms with van der Waals surface area (Å²) in [6.45, 7) is 8.58. The first-order valence-electron chi connectivity index (χ1n) is 7.28. The van der Waals surface area contributed by atoms with E-state index in [9.17, 15) is 4.79 Å². The minimum absolute atomic E-state index is 0.128. The Bertz CT molecular complexity index is 303. The Kier molecular flexibility index (Phi) is 6.27. The Hall–Kier alpha value is -0.810. The number of hydrogen-bond donors (Lipinski definition) is 0. The van der Waals surface area contributed by atoms with Crippen molar-refractivity contribution in [2.24, 2.45) is 5.41 Å². The third-order valence-electron chi connectivity index (χ3n) is 3.76. The largest absolute Gasteiger partial charge is 0.444 e. The maximum Gasteiger partial charge on any atom is 0.410 e. The van der Waals surface area contributed by atoms with E-state index in [1.807, 2.05) is 20.8 Å². The van der Waals surface area contributed by atoms with E-state index in [2.05, 4.69) is 0 Å². The molecule has 0 saturated carbocycles. The van der Waals surface area contributed by atoms with Crippen molar-refractivity contribution in [3.05, 3.63) is 0 Å². The van der Waals surface area contributed by atoms with Crippen LogP contribution in [-0.4, -0.2) is 57.1 Å². The molecule has 1 amide bonds. The lowest BCUT2D eigenvalue weighted by atomic mass is 9.76. The van der Waals surface area contributed by atoms with Gasteiger partial charge in [0.2, 0.25) is 0 Å². The van der Waals surface area contributed by atoms with Crippen LogP contribution in [0.1, 0.15) is 40.0 Å². The standard InChI is InChI=1S/C15H29NO4/c1-14(2,3)20-13(17)16-9-6-15(7-10-16,12-19-5)8-11-18-4/h6-12H2,1-5H3. The molecule has 0 aromatic heterocycles. The minimum Gasteiger partial charge on any atom is -0.444 e. The molecule has 0 bridgehead atoms. The molecule has 0 radical (unpaired) electrons. The highest BCUT2D eigenvalue weighted by Gasteiger charge is 2.36. The molecule has 0 aromatic rings. The summed E-state index contributed by atoms with van der Waals surface area (Å²) in [7, 11) is 3.45. The molecular formula is C15H29NO4. The maximum absolute atomic E-state index is 12.0. The lowest BCUT2D eigenvalue weighted by Crippen LogP contribution is -2.47. The van der Waals surface area contributed by atoms with Crippen LogP contribution in [0.15, 0.2) is 0 Å². The zero-order chi connectivity index (χ0) is 15.2. The average molecular weight is 287 g/mol. The Balaban J connectivity index is 2.53. The maximum atomic E-state index is 12.0. The molecule has 5 heteroatoms. The van der Waals surface area contributed by atoms with Crippen molar-refractivity contribution in [1.82, 2.24) is 4.90 Å². The zero-order valence-electron chi connectivity index (χ0n) is 13.5. The molecule has 20 heavy (non-hydrogen) atoms. The lowest BCUT2D eigenvalue weighted by molar-refractivity contribution is -0.0171. The van der Waals surface area contributed by atoms with Gasteiger partial charge in [-0.15, -0.1) is 0 Å². The topological polar surface area (TPSA) is 48.0 Å². The van der Waals surface area contributed by atoms with Gasteiger partial charge in [-0.25, -0.2) is 4.79 Å². The van der Waals surface area contributed by atoms with Gasteiger partial charge in [0.1, 0.15) is 5.60 Å². The summed E-state index contributed by atoms with van der Waals surface area (Å²) in [5.41, 5.74) is -0.308. The molecule has 1 aliphatic heterocycles. The first-order valence-corrected chi connectivity index (χ1v) is 7.28. The summed E-state index contributed by atoms with van der Waals surface area (Å²) >= 11 is 0. The molecule has 1 heterocycles. The molecule has 1 rings (SSSR count). The van der Waals surface area contributed by atoms with Crippen LogP contribution in [0, 0.1) is 5.41 Å². The van der Waals surface area contributed by atoms with Crippen LogP contribution in [-0.2, 0) is 14.2 Å². The molecule has 0 spiro atoms. The second kappa shape index (κ2) is 7.27. The normalized spacial score (nSPS) is 18.9. The number of ether oxygens (including phenoxy) is 3. The van der Waals surface area contributed by atoms with E-state index in [1.54, 1.807) is 19.1 Å². The molecule has 0 aromatic carbocycles. The molecule has 1 aliphatic rings. The van der Waals surface area contributed by atoms with Gasteiger partial charge in [0.15, 0.2) is 0 Å². The Labute approximate surface area is 122 Å². The molecule has 0 aliphatic carbocycles. The number of piperidine rings is 1. The minimum atomic E-state index is -0.436. The van der Waals surface area contributed by atoms with Gasteiger partial charge in [-0.2, -0.15) is 0 Å². The van der Waals surface area contributed by atoms with Crippen LogP contribution in [0.25, 0.3) is 0 Å². The smallest absolute Gasteiger partial charge is 0.410 e. The van der Waals surface area contributed by atoms with Crippen molar-refractivity contribution in [3.63, 3.8) is 0 Å². The Morgan fingerprint density at radius 3 is 2.20 bits per heavy atom. The van der Waals surface area contributed by atoms with Crippen molar-refractivity contribution in [2.45, 2.75) is 45.6 Å². The van der Waals surface area contributed by atoms with E-state index in [0.717, 1.165) is 45.6 Å². The van der Waals surface area contributed by atoms with Crippen LogP contribution in [0.4, 0.5) is 4.79 Å². The molecule has 118 valence electrons. The quantitative estimate of drug-likeness (QED) is 0.780. The van der Waals surface area contributed by atoms with E-state index in [0.29, 0.717) is 0 Å². The molecule has 0 atom stereocenters. The number of methoxy groups -OCH3 is 2. The van der Waals surface area contributed by atoms with Gasteiger partial charge in [0, 0.05) is 33.9 Å². The third kappa shape index (κ3) is 5.29. The first-order chi connectivity index (χ1) is 9.32. The van der Waals surface area contributed by atoms with E-state index in [4.69, 9.17) is 14.2 Å². The number of likely N-dealkylation sites (tertiary alicyclic amines) is 1. The van der Waals surface area contributed by atoms with Gasteiger partial charge in [-0.1, -0.05) is 0 Å². The number of carbonyl (C=O) groups excluding carboxylic acids is 1. The predicted octanol–water partition coefficient (Wildman–Crippen LogP) is 2.69. The number of hydrogen-bond acceptors (Lipinski definition) is 4. The van der Waals surface area contributed by atoms with Gasteiger partial charge in [0.05, 0.1) is 6.61 Å². The predicted molar refractivity (Wildman–Crippen MR) is 77.8 cm³/mol. The van der Waals surface area contributed by atoms with Gasteiger partial charge in [0.25, 0.3) is 0 Å². The van der Waals surface area contributed by atoms with Gasteiger partial charge < -0.3 is 19.1 Å². The lowest BCUT2D eigenvalue weighted by Gasteiger charge is -2.41. The molecule has 1 saturated heterocycles. The van der Waals surface area contributed by atoms with Crippen LogP contribution in [0.3, 0.4) is 0 Å². The molecule has 1 fully saturated rings. The summed E-state index contributed by atoms with van der Waals surface area (Å²) in [6, 6.07) is 0. The van der Waals surface area contributed by atoms with E-state index >= 15 is 0 Å². The summed E-state index contributed by atoms with van der Waals surface area (Å²) in [5.74, 6) is 0. The average Bonchev–Trinajstić information content (AvgIpc) is 2.35. The van der Waals surface area contributed by atoms with Crippen LogP contribution in [0.2, 0.25) is 0 Å². The van der Waals surface area contributed by atoms with Crippen molar-refractivity contribution in [1.29, 1.82) is 0 Å². The Morgan fingerprint density at radius 1 is 1.15 bits per heavy atom. The van der Waals surface area contributed by atoms with Gasteiger partial charge >= 0.3 is 6.09 Å². The van der Waals surface area contributed by atoms with Gasteiger partial charge in [-0.05, 0) is 45.4 Å². The fourth-order valence-electron chi connectivity index (χ4n) is 2.58. The third-order valence-corrected chi connectivity index (χ3v) is 3.76. The van der Waals surface area contributed by atoms with Gasteiger partial charge in [-0.3, -0.25) is 0 Å². The fourth-order valence-corrected chi connectivity index (χ4v) is 2.58. The van der Waals surface area contributed by atoms with E-state index in [-0.39, 0.29) is 11.5 Å².